The number of benzene rings is 1. The number of methoxy groups -OCH3 is 1. The van der Waals surface area contributed by atoms with E-state index < -0.39 is 0 Å². The van der Waals surface area contributed by atoms with Crippen molar-refractivity contribution in [2.24, 2.45) is 0 Å². The predicted molar refractivity (Wildman–Crippen MR) is 85.7 cm³/mol. The Hall–Kier alpha value is -1.35. The van der Waals surface area contributed by atoms with E-state index in [4.69, 9.17) is 9.47 Å². The first-order chi connectivity index (χ1) is 10.2. The van der Waals surface area contributed by atoms with Crippen molar-refractivity contribution in [3.05, 3.63) is 35.4 Å². The highest BCUT2D eigenvalue weighted by atomic mass is 16.6. The van der Waals surface area contributed by atoms with Crippen LogP contribution in [0.3, 0.4) is 0 Å². The molecule has 0 amide bonds. The van der Waals surface area contributed by atoms with E-state index in [1.54, 1.807) is 7.11 Å². The maximum atomic E-state index is 12.2. The average Bonchev–Trinajstić information content (AvgIpc) is 2.48. The van der Waals surface area contributed by atoms with E-state index in [1.165, 1.54) is 5.56 Å². The Labute approximate surface area is 128 Å². The number of carbonyl (C=O) groups is 1. The molecule has 3 heteroatoms. The van der Waals surface area contributed by atoms with Gasteiger partial charge in [-0.25, -0.2) is 4.79 Å². The Kier molecular flexibility index (Phi) is 8.76. The number of rotatable bonds is 10. The van der Waals surface area contributed by atoms with E-state index >= 15 is 0 Å². The van der Waals surface area contributed by atoms with Gasteiger partial charge in [-0.05, 0) is 37.0 Å². The first-order valence-electron chi connectivity index (χ1n) is 8.00. The third-order valence-electron chi connectivity index (χ3n) is 3.46. The number of hydrogen-bond donors (Lipinski definition) is 0. The molecule has 0 spiro atoms. The SMILES string of the molecule is CCCCCC(COC)OC(=O)c1cccc(CCC)c1. The van der Waals surface area contributed by atoms with Crippen LogP contribution in [0.2, 0.25) is 0 Å². The molecule has 0 bridgehead atoms. The number of carbonyl (C=O) groups excluding carboxylic acids is 1. The van der Waals surface area contributed by atoms with Gasteiger partial charge >= 0.3 is 5.97 Å². The van der Waals surface area contributed by atoms with Gasteiger partial charge in [-0.1, -0.05) is 45.2 Å². The number of ether oxygens (including phenoxy) is 2. The fraction of sp³-hybridized carbons (Fsp3) is 0.611. The summed E-state index contributed by atoms with van der Waals surface area (Å²) in [6, 6.07) is 7.72. The molecule has 3 nitrogen and oxygen atoms in total. The van der Waals surface area contributed by atoms with E-state index in [0.717, 1.165) is 38.5 Å². The molecule has 0 aliphatic heterocycles. The van der Waals surface area contributed by atoms with Gasteiger partial charge < -0.3 is 9.47 Å². The zero-order valence-electron chi connectivity index (χ0n) is 13.6. The molecule has 0 N–H and O–H groups in total. The lowest BCUT2D eigenvalue weighted by Gasteiger charge is -2.17. The summed E-state index contributed by atoms with van der Waals surface area (Å²) in [4.78, 5) is 12.2. The molecular formula is C18H28O3. The molecule has 1 aromatic carbocycles. The van der Waals surface area contributed by atoms with Gasteiger partial charge in [-0.2, -0.15) is 0 Å². The number of esters is 1. The lowest BCUT2D eigenvalue weighted by molar-refractivity contribution is 0.00240. The third kappa shape index (κ3) is 6.76. The Morgan fingerprint density at radius 2 is 2.00 bits per heavy atom. The van der Waals surface area contributed by atoms with E-state index in [9.17, 15) is 4.79 Å². The standard InChI is InChI=1S/C18H28O3/c1-4-6-7-12-17(14-20-3)21-18(19)16-11-8-10-15(13-16)9-5-2/h8,10-11,13,17H,4-7,9,12,14H2,1-3H3. The van der Waals surface area contributed by atoms with Gasteiger partial charge in [0.05, 0.1) is 12.2 Å². The van der Waals surface area contributed by atoms with Crippen LogP contribution in [0.25, 0.3) is 0 Å². The maximum Gasteiger partial charge on any atom is 0.338 e. The summed E-state index contributed by atoms with van der Waals surface area (Å²) < 4.78 is 10.7. The molecule has 0 radical (unpaired) electrons. The summed E-state index contributed by atoms with van der Waals surface area (Å²) in [6.45, 7) is 4.76. The smallest absolute Gasteiger partial charge is 0.338 e. The first kappa shape index (κ1) is 17.7. The topological polar surface area (TPSA) is 35.5 Å². The normalized spacial score (nSPS) is 12.1. The lowest BCUT2D eigenvalue weighted by Crippen LogP contribution is -2.23. The molecule has 0 heterocycles. The monoisotopic (exact) mass is 292 g/mol. The fourth-order valence-electron chi connectivity index (χ4n) is 2.35. The third-order valence-corrected chi connectivity index (χ3v) is 3.46. The van der Waals surface area contributed by atoms with E-state index in [1.807, 2.05) is 24.3 Å². The minimum Gasteiger partial charge on any atom is -0.456 e. The van der Waals surface area contributed by atoms with Crippen molar-refractivity contribution >= 4 is 5.97 Å². The Morgan fingerprint density at radius 1 is 1.19 bits per heavy atom. The Morgan fingerprint density at radius 3 is 2.67 bits per heavy atom. The zero-order valence-corrected chi connectivity index (χ0v) is 13.6. The van der Waals surface area contributed by atoms with E-state index in [0.29, 0.717) is 12.2 Å². The fourth-order valence-corrected chi connectivity index (χ4v) is 2.35. The van der Waals surface area contributed by atoms with Crippen LogP contribution in [0.5, 0.6) is 0 Å². The quantitative estimate of drug-likeness (QED) is 0.474. The number of unbranched alkanes of at least 4 members (excludes halogenated alkanes) is 2. The average molecular weight is 292 g/mol. The van der Waals surface area contributed by atoms with Crippen molar-refractivity contribution < 1.29 is 14.3 Å². The van der Waals surface area contributed by atoms with Crippen molar-refractivity contribution in [3.8, 4) is 0 Å². The van der Waals surface area contributed by atoms with Crippen LogP contribution < -0.4 is 0 Å². The van der Waals surface area contributed by atoms with Crippen LogP contribution in [0.1, 0.15) is 61.9 Å². The highest BCUT2D eigenvalue weighted by molar-refractivity contribution is 5.89. The van der Waals surface area contributed by atoms with Crippen LogP contribution in [0.15, 0.2) is 24.3 Å². The molecule has 0 aliphatic rings. The zero-order chi connectivity index (χ0) is 15.5. The molecule has 0 saturated carbocycles. The Bertz CT molecular complexity index is 415. The second-order valence-corrected chi connectivity index (χ2v) is 5.43. The van der Waals surface area contributed by atoms with Gasteiger partial charge in [0.25, 0.3) is 0 Å². The summed E-state index contributed by atoms with van der Waals surface area (Å²) in [6.07, 6.45) is 6.15. The molecular weight excluding hydrogens is 264 g/mol. The van der Waals surface area contributed by atoms with Gasteiger partial charge in [-0.15, -0.1) is 0 Å². The predicted octanol–water partition coefficient (Wildman–Crippen LogP) is 4.39. The summed E-state index contributed by atoms with van der Waals surface area (Å²) in [5.41, 5.74) is 1.82. The van der Waals surface area contributed by atoms with Crippen molar-refractivity contribution in [3.63, 3.8) is 0 Å². The molecule has 1 atom stereocenters. The lowest BCUT2D eigenvalue weighted by atomic mass is 10.1. The van der Waals surface area contributed by atoms with Crippen molar-refractivity contribution in [1.82, 2.24) is 0 Å². The van der Waals surface area contributed by atoms with Crippen molar-refractivity contribution in [2.75, 3.05) is 13.7 Å². The summed E-state index contributed by atoms with van der Waals surface area (Å²) in [5, 5.41) is 0. The second kappa shape index (κ2) is 10.4. The number of aryl methyl sites for hydroxylation is 1. The van der Waals surface area contributed by atoms with Crippen molar-refractivity contribution in [2.45, 2.75) is 58.5 Å². The van der Waals surface area contributed by atoms with Crippen LogP contribution in [0, 0.1) is 0 Å². The summed E-state index contributed by atoms with van der Waals surface area (Å²) >= 11 is 0. The number of hydrogen-bond acceptors (Lipinski definition) is 3. The van der Waals surface area contributed by atoms with Gasteiger partial charge in [0, 0.05) is 7.11 Å². The minimum atomic E-state index is -0.244. The summed E-state index contributed by atoms with van der Waals surface area (Å²) in [5.74, 6) is -0.244. The Balaban J connectivity index is 2.60. The molecule has 1 aromatic rings. The van der Waals surface area contributed by atoms with Gasteiger partial charge in [0.15, 0.2) is 0 Å². The maximum absolute atomic E-state index is 12.2. The molecule has 0 fully saturated rings. The van der Waals surface area contributed by atoms with Gasteiger partial charge in [0.2, 0.25) is 0 Å². The van der Waals surface area contributed by atoms with Crippen LogP contribution >= 0.6 is 0 Å². The van der Waals surface area contributed by atoms with Crippen LogP contribution in [-0.4, -0.2) is 25.8 Å². The van der Waals surface area contributed by atoms with E-state index in [-0.39, 0.29) is 12.1 Å². The highest BCUT2D eigenvalue weighted by Gasteiger charge is 2.16. The molecule has 1 rings (SSSR count). The molecule has 0 aromatic heterocycles. The largest absolute Gasteiger partial charge is 0.456 e. The van der Waals surface area contributed by atoms with Crippen LogP contribution in [-0.2, 0) is 15.9 Å². The summed E-state index contributed by atoms with van der Waals surface area (Å²) in [7, 11) is 1.64. The molecule has 0 aliphatic carbocycles. The van der Waals surface area contributed by atoms with E-state index in [2.05, 4.69) is 13.8 Å². The second-order valence-electron chi connectivity index (χ2n) is 5.43. The first-order valence-corrected chi connectivity index (χ1v) is 8.00. The van der Waals surface area contributed by atoms with Gasteiger partial charge in [-0.3, -0.25) is 0 Å². The highest BCUT2D eigenvalue weighted by Crippen LogP contribution is 2.13. The molecule has 0 saturated heterocycles. The molecule has 118 valence electrons. The molecule has 1 unspecified atom stereocenters. The van der Waals surface area contributed by atoms with Crippen molar-refractivity contribution in [1.29, 1.82) is 0 Å². The molecule has 21 heavy (non-hydrogen) atoms. The minimum absolute atomic E-state index is 0.149. The van der Waals surface area contributed by atoms with Crippen LogP contribution in [0.4, 0.5) is 0 Å². The van der Waals surface area contributed by atoms with Gasteiger partial charge in [0.1, 0.15) is 6.10 Å².